The molecule has 2 aliphatic heterocycles. The average molecular weight is 392 g/mol. The SMILES string of the molecule is CC(C)(C)c1cc(C(C)(C)C)c2c(c1)[C@]1(OC(=O)C[C@H]1c1ccccc1)C(=O)O2. The number of fused-ring (bicyclic) bond motifs is 2. The van der Waals surface area contributed by atoms with Gasteiger partial charge in [-0.15, -0.1) is 0 Å². The lowest BCUT2D eigenvalue weighted by Gasteiger charge is -2.30. The molecule has 0 bridgehead atoms. The molecule has 0 saturated carbocycles. The van der Waals surface area contributed by atoms with Gasteiger partial charge in [0.2, 0.25) is 5.60 Å². The highest BCUT2D eigenvalue weighted by Gasteiger charge is 2.63. The predicted octanol–water partition coefficient (Wildman–Crippen LogP) is 5.13. The number of hydrogen-bond donors (Lipinski definition) is 0. The van der Waals surface area contributed by atoms with Crippen molar-refractivity contribution < 1.29 is 19.1 Å². The maximum Gasteiger partial charge on any atom is 0.361 e. The molecular weight excluding hydrogens is 364 g/mol. The zero-order valence-electron chi connectivity index (χ0n) is 18.0. The highest BCUT2D eigenvalue weighted by molar-refractivity contribution is 5.96. The minimum Gasteiger partial charge on any atom is -0.441 e. The van der Waals surface area contributed by atoms with Crippen molar-refractivity contribution in [2.45, 2.75) is 70.3 Å². The van der Waals surface area contributed by atoms with Crippen LogP contribution in [0.25, 0.3) is 0 Å². The Hall–Kier alpha value is -2.62. The van der Waals surface area contributed by atoms with Crippen LogP contribution >= 0.6 is 0 Å². The second-order valence-corrected chi connectivity index (χ2v) is 10.2. The van der Waals surface area contributed by atoms with E-state index < -0.39 is 17.5 Å². The van der Waals surface area contributed by atoms with Crippen molar-refractivity contribution in [3.63, 3.8) is 0 Å². The molecular formula is C25H28O4. The van der Waals surface area contributed by atoms with Gasteiger partial charge in [-0.2, -0.15) is 0 Å². The molecule has 2 aromatic rings. The summed E-state index contributed by atoms with van der Waals surface area (Å²) in [6, 6.07) is 13.8. The van der Waals surface area contributed by atoms with Gasteiger partial charge >= 0.3 is 11.9 Å². The molecule has 0 unspecified atom stereocenters. The van der Waals surface area contributed by atoms with Crippen LogP contribution in [-0.2, 0) is 30.8 Å². The van der Waals surface area contributed by atoms with Crippen molar-refractivity contribution in [3.8, 4) is 5.75 Å². The van der Waals surface area contributed by atoms with E-state index in [2.05, 4.69) is 47.6 Å². The van der Waals surface area contributed by atoms with Gasteiger partial charge in [-0.05, 0) is 28.0 Å². The standard InChI is InChI=1S/C25H28O4/c1-23(2,3)16-12-18(24(4,5)6)21-19(13-16)25(22(27)28-21)17(14-20(26)29-25)15-10-8-7-9-11-15/h7-13,17H,14H2,1-6H3/t17-,25-/m0/s1. The van der Waals surface area contributed by atoms with Crippen molar-refractivity contribution in [1.29, 1.82) is 0 Å². The third-order valence-corrected chi connectivity index (χ3v) is 6.00. The van der Waals surface area contributed by atoms with Gasteiger partial charge in [-0.1, -0.05) is 77.9 Å². The summed E-state index contributed by atoms with van der Waals surface area (Å²) in [7, 11) is 0. The number of rotatable bonds is 1. The summed E-state index contributed by atoms with van der Waals surface area (Å²) in [5, 5.41) is 0. The summed E-state index contributed by atoms with van der Waals surface area (Å²) in [5.41, 5.74) is 1.85. The van der Waals surface area contributed by atoms with Gasteiger partial charge in [0.05, 0.1) is 12.0 Å². The molecule has 0 aromatic heterocycles. The maximum atomic E-state index is 13.3. The van der Waals surface area contributed by atoms with E-state index in [-0.39, 0.29) is 23.2 Å². The van der Waals surface area contributed by atoms with Crippen LogP contribution in [0, 0.1) is 0 Å². The lowest BCUT2D eigenvalue weighted by Crippen LogP contribution is -2.38. The first-order chi connectivity index (χ1) is 13.4. The second kappa shape index (κ2) is 6.19. The molecule has 29 heavy (non-hydrogen) atoms. The number of benzene rings is 2. The molecule has 0 N–H and O–H groups in total. The molecule has 2 aliphatic rings. The molecule has 152 valence electrons. The third kappa shape index (κ3) is 2.97. The van der Waals surface area contributed by atoms with E-state index in [0.717, 1.165) is 16.7 Å². The zero-order valence-corrected chi connectivity index (χ0v) is 18.0. The number of hydrogen-bond acceptors (Lipinski definition) is 4. The summed E-state index contributed by atoms with van der Waals surface area (Å²) in [6.45, 7) is 12.7. The molecule has 1 saturated heterocycles. The predicted molar refractivity (Wildman–Crippen MR) is 111 cm³/mol. The van der Waals surface area contributed by atoms with Crippen LogP contribution in [0.1, 0.15) is 76.1 Å². The maximum absolute atomic E-state index is 13.3. The lowest BCUT2D eigenvalue weighted by molar-refractivity contribution is -0.166. The van der Waals surface area contributed by atoms with Crippen LogP contribution < -0.4 is 4.74 Å². The zero-order chi connectivity index (χ0) is 21.2. The molecule has 2 heterocycles. The third-order valence-electron chi connectivity index (χ3n) is 6.00. The van der Waals surface area contributed by atoms with Crippen LogP contribution in [0.2, 0.25) is 0 Å². The summed E-state index contributed by atoms with van der Waals surface area (Å²) in [6.07, 6.45) is 0.156. The van der Waals surface area contributed by atoms with Gasteiger partial charge in [0.1, 0.15) is 5.75 Å². The van der Waals surface area contributed by atoms with Gasteiger partial charge in [-0.25, -0.2) is 4.79 Å². The minimum atomic E-state index is -1.42. The molecule has 1 fully saturated rings. The number of esters is 2. The average Bonchev–Trinajstić information content (AvgIpc) is 3.11. The van der Waals surface area contributed by atoms with Crippen LogP contribution in [0.3, 0.4) is 0 Å². The van der Waals surface area contributed by atoms with Gasteiger partial charge in [0.25, 0.3) is 0 Å². The number of carbonyl (C=O) groups excluding carboxylic acids is 2. The van der Waals surface area contributed by atoms with Gasteiger partial charge in [0, 0.05) is 11.5 Å². The van der Waals surface area contributed by atoms with Crippen LogP contribution in [0.5, 0.6) is 5.75 Å². The summed E-state index contributed by atoms with van der Waals surface area (Å²) >= 11 is 0. The van der Waals surface area contributed by atoms with Crippen LogP contribution in [0.4, 0.5) is 0 Å². The minimum absolute atomic E-state index is 0.132. The van der Waals surface area contributed by atoms with Crippen LogP contribution in [-0.4, -0.2) is 11.9 Å². The van der Waals surface area contributed by atoms with Gasteiger partial charge < -0.3 is 9.47 Å². The molecule has 2 atom stereocenters. The highest BCUT2D eigenvalue weighted by Crippen LogP contribution is 2.57. The van der Waals surface area contributed by atoms with Gasteiger partial charge in [-0.3, -0.25) is 4.79 Å². The molecule has 4 rings (SSSR count). The van der Waals surface area contributed by atoms with E-state index in [1.807, 2.05) is 36.4 Å². The molecule has 0 aliphatic carbocycles. The Bertz CT molecular complexity index is 992. The summed E-state index contributed by atoms with van der Waals surface area (Å²) in [4.78, 5) is 25.8. The van der Waals surface area contributed by atoms with E-state index in [1.165, 1.54) is 0 Å². The Balaban J connectivity index is 2.02. The highest BCUT2D eigenvalue weighted by atomic mass is 16.6. The van der Waals surface area contributed by atoms with Crippen molar-refractivity contribution in [2.75, 3.05) is 0 Å². The van der Waals surface area contributed by atoms with Crippen molar-refractivity contribution >= 4 is 11.9 Å². The molecule has 0 radical (unpaired) electrons. The molecule has 2 aromatic carbocycles. The quantitative estimate of drug-likeness (QED) is 0.499. The fourth-order valence-corrected chi connectivity index (χ4v) is 4.35. The molecule has 4 nitrogen and oxygen atoms in total. The second-order valence-electron chi connectivity index (χ2n) is 10.2. The fourth-order valence-electron chi connectivity index (χ4n) is 4.35. The fraction of sp³-hybridized carbons (Fsp3) is 0.440. The number of carbonyl (C=O) groups is 2. The van der Waals surface area contributed by atoms with Crippen LogP contribution in [0.15, 0.2) is 42.5 Å². The smallest absolute Gasteiger partial charge is 0.361 e. The van der Waals surface area contributed by atoms with E-state index in [9.17, 15) is 9.59 Å². The van der Waals surface area contributed by atoms with E-state index >= 15 is 0 Å². The van der Waals surface area contributed by atoms with Crippen molar-refractivity contribution in [3.05, 3.63) is 64.7 Å². The number of ether oxygens (including phenoxy) is 2. The Labute approximate surface area is 172 Å². The molecule has 1 spiro atoms. The first-order valence-electron chi connectivity index (χ1n) is 10.1. The first kappa shape index (κ1) is 19.7. The molecule has 4 heteroatoms. The lowest BCUT2D eigenvalue weighted by atomic mass is 9.73. The van der Waals surface area contributed by atoms with Gasteiger partial charge in [0.15, 0.2) is 0 Å². The van der Waals surface area contributed by atoms with E-state index in [4.69, 9.17) is 9.47 Å². The van der Waals surface area contributed by atoms with E-state index in [1.54, 1.807) is 0 Å². The van der Waals surface area contributed by atoms with E-state index in [0.29, 0.717) is 11.3 Å². The topological polar surface area (TPSA) is 52.6 Å². The summed E-state index contributed by atoms with van der Waals surface area (Å²) in [5.74, 6) is -0.731. The largest absolute Gasteiger partial charge is 0.441 e. The molecule has 0 amide bonds. The Morgan fingerprint density at radius 2 is 1.59 bits per heavy atom. The van der Waals surface area contributed by atoms with Crippen molar-refractivity contribution in [2.24, 2.45) is 0 Å². The summed E-state index contributed by atoms with van der Waals surface area (Å²) < 4.78 is 11.7. The first-order valence-corrected chi connectivity index (χ1v) is 10.1. The monoisotopic (exact) mass is 392 g/mol. The normalized spacial score (nSPS) is 23.9. The van der Waals surface area contributed by atoms with Crippen molar-refractivity contribution in [1.82, 2.24) is 0 Å². The Morgan fingerprint density at radius 3 is 2.17 bits per heavy atom. The Kier molecular flexibility index (Phi) is 4.20. The Morgan fingerprint density at radius 1 is 0.931 bits per heavy atom.